The van der Waals surface area contributed by atoms with Crippen molar-refractivity contribution in [3.63, 3.8) is 0 Å². The van der Waals surface area contributed by atoms with Crippen LogP contribution in [0.4, 0.5) is 0 Å². The topological polar surface area (TPSA) is 108 Å². The number of likely N-dealkylation sites (N-methyl/N-ethyl adjacent to an activating group) is 1. The molecule has 0 rings (SSSR count). The molecule has 2 unspecified atom stereocenters. The number of carbonyl (C=O) groups is 2. The molecule has 0 heterocycles. The van der Waals surface area contributed by atoms with Crippen LogP contribution < -0.4 is 0 Å². The summed E-state index contributed by atoms with van der Waals surface area (Å²) in [5.41, 5.74) is 0. The van der Waals surface area contributed by atoms with E-state index in [1.807, 2.05) is 21.1 Å². The smallest absolute Gasteiger partial charge is 0.462 e. The van der Waals surface area contributed by atoms with Crippen molar-refractivity contribution < 1.29 is 42.1 Å². The van der Waals surface area contributed by atoms with Crippen molar-refractivity contribution in [2.45, 2.75) is 277 Å². The number of nitrogens with zero attached hydrogens (tertiary/aromatic N) is 1. The fraction of sp³-hybridized carbons (Fsp3) is 0.781. The number of phosphoric acid groups is 1. The van der Waals surface area contributed by atoms with Gasteiger partial charge in [-0.05, 0) is 83.5 Å². The first-order valence-corrected chi connectivity index (χ1v) is 32.2. The summed E-state index contributed by atoms with van der Waals surface area (Å²) in [5, 5.41) is 0. The number of unbranched alkanes of at least 4 members (excludes halogenated alkanes) is 30. The summed E-state index contributed by atoms with van der Waals surface area (Å²) >= 11 is 0. The molecule has 10 heteroatoms. The van der Waals surface area contributed by atoms with Crippen molar-refractivity contribution in [3.05, 3.63) is 72.9 Å². The fourth-order valence-corrected chi connectivity index (χ4v) is 9.25. The molecule has 430 valence electrons. The average molecular weight is 1060 g/mol. The molecule has 0 bridgehead atoms. The summed E-state index contributed by atoms with van der Waals surface area (Å²) in [6, 6.07) is 0. The summed E-state index contributed by atoms with van der Waals surface area (Å²) in [5.74, 6) is -0.794. The van der Waals surface area contributed by atoms with Crippen molar-refractivity contribution >= 4 is 19.8 Å². The maximum atomic E-state index is 12.8. The van der Waals surface area contributed by atoms with Gasteiger partial charge in [-0.2, -0.15) is 0 Å². The van der Waals surface area contributed by atoms with Crippen molar-refractivity contribution in [1.29, 1.82) is 0 Å². The van der Waals surface area contributed by atoms with E-state index in [0.717, 1.165) is 64.2 Å². The third-order valence-corrected chi connectivity index (χ3v) is 14.2. The zero-order chi connectivity index (χ0) is 54.2. The van der Waals surface area contributed by atoms with Gasteiger partial charge in [0, 0.05) is 12.8 Å². The van der Waals surface area contributed by atoms with Gasteiger partial charge < -0.3 is 18.9 Å². The van der Waals surface area contributed by atoms with Crippen LogP contribution in [0.3, 0.4) is 0 Å². The third-order valence-electron chi connectivity index (χ3n) is 13.2. The first-order valence-electron chi connectivity index (χ1n) is 30.7. The molecule has 0 aromatic carbocycles. The molecule has 0 radical (unpaired) electrons. The van der Waals surface area contributed by atoms with Crippen LogP contribution in [0, 0.1) is 0 Å². The molecular formula is C64H117NO8P+. The molecule has 0 aliphatic heterocycles. The van der Waals surface area contributed by atoms with Crippen molar-refractivity contribution in [2.24, 2.45) is 0 Å². The van der Waals surface area contributed by atoms with E-state index in [0.29, 0.717) is 17.4 Å². The number of quaternary nitrogens is 1. The van der Waals surface area contributed by atoms with Gasteiger partial charge in [0.2, 0.25) is 0 Å². The predicted molar refractivity (Wildman–Crippen MR) is 316 cm³/mol. The minimum absolute atomic E-state index is 0.0302. The Morgan fingerprint density at radius 2 is 0.770 bits per heavy atom. The van der Waals surface area contributed by atoms with Gasteiger partial charge >= 0.3 is 19.8 Å². The van der Waals surface area contributed by atoms with E-state index in [1.54, 1.807) is 0 Å². The van der Waals surface area contributed by atoms with Gasteiger partial charge in [0.25, 0.3) is 0 Å². The Kier molecular flexibility index (Phi) is 53.3. The Hall–Kier alpha value is -2.55. The molecule has 0 aliphatic rings. The predicted octanol–water partition coefficient (Wildman–Crippen LogP) is 19.3. The maximum Gasteiger partial charge on any atom is 0.472 e. The minimum atomic E-state index is -4.39. The van der Waals surface area contributed by atoms with E-state index in [9.17, 15) is 19.0 Å². The van der Waals surface area contributed by atoms with Gasteiger partial charge in [-0.15, -0.1) is 0 Å². The van der Waals surface area contributed by atoms with Crippen molar-refractivity contribution in [3.8, 4) is 0 Å². The summed E-state index contributed by atoms with van der Waals surface area (Å²) in [4.78, 5) is 35.7. The molecule has 0 saturated carbocycles. The van der Waals surface area contributed by atoms with E-state index in [4.69, 9.17) is 18.5 Å². The van der Waals surface area contributed by atoms with E-state index < -0.39 is 26.5 Å². The van der Waals surface area contributed by atoms with E-state index in [-0.39, 0.29) is 32.0 Å². The van der Waals surface area contributed by atoms with Gasteiger partial charge in [-0.1, -0.05) is 247 Å². The quantitative estimate of drug-likeness (QED) is 0.0211. The van der Waals surface area contributed by atoms with E-state index in [2.05, 4.69) is 86.8 Å². The molecule has 1 N–H and O–H groups in total. The molecular weight excluding hydrogens is 942 g/mol. The van der Waals surface area contributed by atoms with Gasteiger partial charge in [-0.25, -0.2) is 4.57 Å². The lowest BCUT2D eigenvalue weighted by Gasteiger charge is -2.24. The second-order valence-electron chi connectivity index (χ2n) is 21.7. The lowest BCUT2D eigenvalue weighted by molar-refractivity contribution is -0.870. The van der Waals surface area contributed by atoms with Crippen LogP contribution in [0.15, 0.2) is 72.9 Å². The normalized spacial score (nSPS) is 13.8. The Bertz CT molecular complexity index is 1480. The average Bonchev–Trinajstić information content (AvgIpc) is 3.36. The minimum Gasteiger partial charge on any atom is -0.462 e. The van der Waals surface area contributed by atoms with Crippen LogP contribution in [0.25, 0.3) is 0 Å². The van der Waals surface area contributed by atoms with E-state index >= 15 is 0 Å². The summed E-state index contributed by atoms with van der Waals surface area (Å²) < 4.78 is 34.6. The molecule has 0 amide bonds. The van der Waals surface area contributed by atoms with Crippen molar-refractivity contribution in [2.75, 3.05) is 47.5 Å². The monoisotopic (exact) mass is 1060 g/mol. The molecule has 9 nitrogen and oxygen atoms in total. The largest absolute Gasteiger partial charge is 0.472 e. The molecule has 0 aromatic heterocycles. The van der Waals surface area contributed by atoms with Crippen LogP contribution in [-0.2, 0) is 32.7 Å². The first-order chi connectivity index (χ1) is 36.0. The summed E-state index contributed by atoms with van der Waals surface area (Å²) in [7, 11) is 1.48. The number of esters is 2. The summed E-state index contributed by atoms with van der Waals surface area (Å²) in [6.07, 6.45) is 72.6. The highest BCUT2D eigenvalue weighted by Gasteiger charge is 2.27. The fourth-order valence-electron chi connectivity index (χ4n) is 8.51. The Labute approximate surface area is 457 Å². The molecule has 0 fully saturated rings. The highest BCUT2D eigenvalue weighted by molar-refractivity contribution is 7.47. The lowest BCUT2D eigenvalue weighted by atomic mass is 10.0. The second-order valence-corrected chi connectivity index (χ2v) is 23.2. The standard InChI is InChI=1S/C64H116NO8P/c1-6-8-10-12-14-16-18-20-22-24-26-27-28-29-30-31-32-33-34-35-36-37-39-41-43-45-47-49-51-53-55-57-64(67)73-62(61-72-74(68,69)71-59-58-65(3,4)5)60-70-63(66)56-54-52-50-48-46-44-42-40-38-25-23-21-19-17-15-13-11-9-7-2/h8,10,14-17,20-23,26-27,62H,6-7,9,11-13,18-19,24-25,28-61H2,1-5H3/p+1/b10-8-,16-14-,17-15-,22-20-,23-21-,27-26-. The number of rotatable bonds is 56. The Morgan fingerprint density at radius 1 is 0.432 bits per heavy atom. The van der Waals surface area contributed by atoms with Gasteiger partial charge in [0.05, 0.1) is 27.7 Å². The van der Waals surface area contributed by atoms with Crippen LogP contribution in [0.1, 0.15) is 271 Å². The molecule has 74 heavy (non-hydrogen) atoms. The van der Waals surface area contributed by atoms with E-state index in [1.165, 1.54) is 173 Å². The number of ether oxygens (including phenoxy) is 2. The number of hydrogen-bond acceptors (Lipinski definition) is 7. The van der Waals surface area contributed by atoms with Crippen LogP contribution in [0.5, 0.6) is 0 Å². The van der Waals surface area contributed by atoms with Gasteiger partial charge in [0.15, 0.2) is 6.10 Å². The lowest BCUT2D eigenvalue weighted by Crippen LogP contribution is -2.37. The maximum absolute atomic E-state index is 12.8. The Morgan fingerprint density at radius 3 is 1.15 bits per heavy atom. The van der Waals surface area contributed by atoms with Crippen molar-refractivity contribution in [1.82, 2.24) is 0 Å². The highest BCUT2D eigenvalue weighted by Crippen LogP contribution is 2.43. The number of allylic oxidation sites excluding steroid dienone is 12. The third kappa shape index (κ3) is 58.7. The first kappa shape index (κ1) is 71.5. The Balaban J connectivity index is 4.07. The summed E-state index contributed by atoms with van der Waals surface area (Å²) in [6.45, 7) is 4.32. The molecule has 0 saturated heterocycles. The second kappa shape index (κ2) is 55.2. The molecule has 0 aliphatic carbocycles. The molecule has 0 spiro atoms. The zero-order valence-electron chi connectivity index (χ0n) is 48.8. The highest BCUT2D eigenvalue weighted by atomic mass is 31.2. The number of hydrogen-bond donors (Lipinski definition) is 1. The SMILES string of the molecule is CC/C=C\C/C=C\C/C=C\C/C=C\CCCCCCCCCCCCCCCCCCCCC(=O)OC(COC(=O)CCCCCCCCCCC/C=C\C/C=C\CCCCC)COP(=O)(O)OCC[N+](C)(C)C. The van der Waals surface area contributed by atoms with Gasteiger partial charge in [0.1, 0.15) is 19.8 Å². The van der Waals surface area contributed by atoms with Crippen LogP contribution in [0.2, 0.25) is 0 Å². The van der Waals surface area contributed by atoms with Gasteiger partial charge in [-0.3, -0.25) is 18.6 Å². The van der Waals surface area contributed by atoms with Crippen LogP contribution in [-0.4, -0.2) is 74.9 Å². The van der Waals surface area contributed by atoms with Crippen LogP contribution >= 0.6 is 7.82 Å². The number of carbonyl (C=O) groups excluding carboxylic acids is 2. The zero-order valence-corrected chi connectivity index (χ0v) is 49.7. The molecule has 0 aromatic rings. The number of phosphoric ester groups is 1. The molecule has 2 atom stereocenters.